The van der Waals surface area contributed by atoms with Crippen molar-refractivity contribution in [2.75, 3.05) is 6.61 Å². The van der Waals surface area contributed by atoms with Crippen LogP contribution >= 0.6 is 35.4 Å². The van der Waals surface area contributed by atoms with Crippen molar-refractivity contribution in [3.63, 3.8) is 0 Å². The van der Waals surface area contributed by atoms with Crippen LogP contribution in [0.5, 0.6) is 5.75 Å². The van der Waals surface area contributed by atoms with Crippen LogP contribution in [0.15, 0.2) is 18.2 Å². The van der Waals surface area contributed by atoms with E-state index in [1.54, 1.807) is 18.2 Å². The van der Waals surface area contributed by atoms with E-state index in [1.165, 1.54) is 0 Å². The van der Waals surface area contributed by atoms with Gasteiger partial charge in [0, 0.05) is 0 Å². The molecule has 0 aliphatic carbocycles. The number of hydrogen-bond donors (Lipinski definition) is 1. The zero-order chi connectivity index (χ0) is 12.0. The molecule has 1 aromatic rings. The van der Waals surface area contributed by atoms with E-state index in [2.05, 4.69) is 0 Å². The van der Waals surface area contributed by atoms with Crippen molar-refractivity contribution in [2.24, 2.45) is 5.73 Å². The first-order valence-electron chi connectivity index (χ1n) is 4.96. The van der Waals surface area contributed by atoms with Crippen molar-refractivity contribution in [2.45, 2.75) is 19.3 Å². The lowest BCUT2D eigenvalue weighted by Gasteiger charge is -2.08. The van der Waals surface area contributed by atoms with Gasteiger partial charge in [-0.05, 0) is 31.4 Å². The van der Waals surface area contributed by atoms with Crippen molar-refractivity contribution in [1.29, 1.82) is 0 Å². The normalized spacial score (nSPS) is 10.1. The number of rotatable bonds is 6. The Bertz CT molecular complexity index is 371. The maximum absolute atomic E-state index is 5.96. The zero-order valence-corrected chi connectivity index (χ0v) is 11.0. The molecule has 0 unspecified atom stereocenters. The molecule has 0 aliphatic heterocycles. The van der Waals surface area contributed by atoms with Crippen molar-refractivity contribution >= 4 is 40.4 Å². The lowest BCUT2D eigenvalue weighted by molar-refractivity contribution is 0.308. The molecule has 0 atom stereocenters. The Hall–Kier alpha value is -0.510. The summed E-state index contributed by atoms with van der Waals surface area (Å²) in [5.74, 6) is 0.615. The van der Waals surface area contributed by atoms with Crippen LogP contribution in [-0.2, 0) is 0 Å². The van der Waals surface area contributed by atoms with Crippen molar-refractivity contribution < 1.29 is 4.74 Å². The van der Waals surface area contributed by atoms with E-state index in [-0.39, 0.29) is 0 Å². The molecule has 0 heterocycles. The average Bonchev–Trinajstić information content (AvgIpc) is 2.23. The van der Waals surface area contributed by atoms with Crippen LogP contribution in [0, 0.1) is 0 Å². The van der Waals surface area contributed by atoms with Gasteiger partial charge < -0.3 is 10.5 Å². The standard InChI is InChI=1S/C11H13Cl2NOS/c12-8-4-3-5-9(11(8)13)15-7-2-1-6-10(14)16/h3-5H,1-2,6-7H2,(H2,14,16). The molecule has 16 heavy (non-hydrogen) atoms. The summed E-state index contributed by atoms with van der Waals surface area (Å²) in [7, 11) is 0. The molecule has 0 bridgehead atoms. The molecule has 1 rings (SSSR count). The third-order valence-electron chi connectivity index (χ3n) is 1.99. The minimum atomic E-state index is 0.457. The molecule has 5 heteroatoms. The molecule has 0 radical (unpaired) electrons. The number of unbranched alkanes of at least 4 members (excludes halogenated alkanes) is 1. The summed E-state index contributed by atoms with van der Waals surface area (Å²) >= 11 is 16.6. The first-order valence-corrected chi connectivity index (χ1v) is 6.13. The van der Waals surface area contributed by atoms with E-state index in [1.807, 2.05) is 0 Å². The van der Waals surface area contributed by atoms with E-state index >= 15 is 0 Å². The van der Waals surface area contributed by atoms with Crippen LogP contribution in [0.2, 0.25) is 10.0 Å². The molecular weight excluding hydrogens is 265 g/mol. The Morgan fingerprint density at radius 1 is 1.31 bits per heavy atom. The van der Waals surface area contributed by atoms with Crippen LogP contribution in [0.4, 0.5) is 0 Å². The number of nitrogens with two attached hydrogens (primary N) is 1. The van der Waals surface area contributed by atoms with E-state index < -0.39 is 0 Å². The number of benzene rings is 1. The summed E-state index contributed by atoms with van der Waals surface area (Å²) < 4.78 is 5.50. The van der Waals surface area contributed by atoms with Gasteiger partial charge in [0.2, 0.25) is 0 Å². The third kappa shape index (κ3) is 4.56. The molecular formula is C11H13Cl2NOS. The van der Waals surface area contributed by atoms with Crippen LogP contribution in [0.25, 0.3) is 0 Å². The van der Waals surface area contributed by atoms with Crippen LogP contribution in [-0.4, -0.2) is 11.6 Å². The molecule has 0 fully saturated rings. The van der Waals surface area contributed by atoms with E-state index in [4.69, 9.17) is 45.9 Å². The molecule has 0 aliphatic rings. The fourth-order valence-corrected chi connectivity index (χ4v) is 1.67. The van der Waals surface area contributed by atoms with Gasteiger partial charge in [-0.15, -0.1) is 0 Å². The summed E-state index contributed by atoms with van der Waals surface area (Å²) in [5, 5.41) is 0.959. The Kier molecular flexibility index (Phi) is 5.88. The summed E-state index contributed by atoms with van der Waals surface area (Å²) in [4.78, 5) is 0.542. The van der Waals surface area contributed by atoms with E-state index in [0.717, 1.165) is 19.3 Å². The molecule has 2 nitrogen and oxygen atoms in total. The maximum atomic E-state index is 5.96. The highest BCUT2D eigenvalue weighted by Gasteiger charge is 2.04. The lowest BCUT2D eigenvalue weighted by atomic mass is 10.2. The van der Waals surface area contributed by atoms with Gasteiger partial charge in [0.25, 0.3) is 0 Å². The fraction of sp³-hybridized carbons (Fsp3) is 0.364. The van der Waals surface area contributed by atoms with Gasteiger partial charge in [0.1, 0.15) is 10.8 Å². The quantitative estimate of drug-likeness (QED) is 0.634. The Labute approximate surface area is 111 Å². The smallest absolute Gasteiger partial charge is 0.139 e. The largest absolute Gasteiger partial charge is 0.492 e. The molecule has 0 aromatic heterocycles. The molecule has 0 saturated heterocycles. The van der Waals surface area contributed by atoms with Gasteiger partial charge in [0.05, 0.1) is 16.6 Å². The minimum Gasteiger partial charge on any atom is -0.492 e. The summed E-state index contributed by atoms with van der Waals surface area (Å²) in [6.07, 6.45) is 2.57. The lowest BCUT2D eigenvalue weighted by Crippen LogP contribution is -2.08. The van der Waals surface area contributed by atoms with Gasteiger partial charge in [-0.25, -0.2) is 0 Å². The van der Waals surface area contributed by atoms with Gasteiger partial charge in [-0.2, -0.15) is 0 Å². The van der Waals surface area contributed by atoms with Gasteiger partial charge in [-0.3, -0.25) is 0 Å². The first-order chi connectivity index (χ1) is 7.61. The highest BCUT2D eigenvalue weighted by Crippen LogP contribution is 2.31. The summed E-state index contributed by atoms with van der Waals surface area (Å²) in [6, 6.07) is 5.32. The van der Waals surface area contributed by atoms with Crippen molar-refractivity contribution in [1.82, 2.24) is 0 Å². The monoisotopic (exact) mass is 277 g/mol. The van der Waals surface area contributed by atoms with Gasteiger partial charge >= 0.3 is 0 Å². The van der Waals surface area contributed by atoms with Crippen molar-refractivity contribution in [3.8, 4) is 5.75 Å². The van der Waals surface area contributed by atoms with Crippen LogP contribution in [0.3, 0.4) is 0 Å². The summed E-state index contributed by atoms with van der Waals surface area (Å²) in [5.41, 5.74) is 5.38. The Morgan fingerprint density at radius 3 is 2.75 bits per heavy atom. The van der Waals surface area contributed by atoms with Crippen LogP contribution in [0.1, 0.15) is 19.3 Å². The molecule has 0 saturated carbocycles. The number of thiocarbonyl (C=S) groups is 1. The highest BCUT2D eigenvalue weighted by molar-refractivity contribution is 7.80. The second-order valence-electron chi connectivity index (χ2n) is 3.32. The number of halogens is 2. The molecule has 2 N–H and O–H groups in total. The second kappa shape index (κ2) is 6.94. The van der Waals surface area contributed by atoms with Crippen molar-refractivity contribution in [3.05, 3.63) is 28.2 Å². The SMILES string of the molecule is NC(=S)CCCCOc1cccc(Cl)c1Cl. The van der Waals surface area contributed by atoms with Gasteiger partial charge in [-0.1, -0.05) is 41.5 Å². The first kappa shape index (κ1) is 13.6. The van der Waals surface area contributed by atoms with Gasteiger partial charge in [0.15, 0.2) is 0 Å². The highest BCUT2D eigenvalue weighted by atomic mass is 35.5. The predicted octanol–water partition coefficient (Wildman–Crippen LogP) is 3.83. The fourth-order valence-electron chi connectivity index (χ4n) is 1.18. The molecule has 0 spiro atoms. The van der Waals surface area contributed by atoms with Crippen LogP contribution < -0.4 is 10.5 Å². The molecule has 0 amide bonds. The Morgan fingerprint density at radius 2 is 2.06 bits per heavy atom. The number of ether oxygens (including phenoxy) is 1. The maximum Gasteiger partial charge on any atom is 0.139 e. The zero-order valence-electron chi connectivity index (χ0n) is 8.71. The van der Waals surface area contributed by atoms with E-state index in [0.29, 0.717) is 27.4 Å². The second-order valence-corrected chi connectivity index (χ2v) is 4.63. The minimum absolute atomic E-state index is 0.457. The third-order valence-corrected chi connectivity index (χ3v) is 3.00. The predicted molar refractivity (Wildman–Crippen MR) is 72.6 cm³/mol. The molecule has 88 valence electrons. The van der Waals surface area contributed by atoms with E-state index in [9.17, 15) is 0 Å². The number of hydrogen-bond acceptors (Lipinski definition) is 2. The Balaban J connectivity index is 2.32. The average molecular weight is 278 g/mol. The molecule has 1 aromatic carbocycles. The summed E-state index contributed by atoms with van der Waals surface area (Å²) in [6.45, 7) is 0.586. The topological polar surface area (TPSA) is 35.2 Å².